The van der Waals surface area contributed by atoms with Gasteiger partial charge in [-0.05, 0) is 87.3 Å². The predicted molar refractivity (Wildman–Crippen MR) is 120 cm³/mol. The molecule has 26 heavy (non-hydrogen) atoms. The van der Waals surface area contributed by atoms with Crippen LogP contribution in [0, 0.1) is 0 Å². The van der Waals surface area contributed by atoms with E-state index in [1.807, 2.05) is 12.1 Å². The summed E-state index contributed by atoms with van der Waals surface area (Å²) in [4.78, 5) is 0. The third-order valence-electron chi connectivity index (χ3n) is 4.07. The monoisotopic (exact) mass is 412 g/mol. The highest BCUT2D eigenvalue weighted by molar-refractivity contribution is 6.87. The van der Waals surface area contributed by atoms with E-state index < -0.39 is 25.2 Å². The van der Waals surface area contributed by atoms with E-state index in [0.29, 0.717) is 5.75 Å². The standard InChI is InChI=1S/C20H40O3Si3/c1-20(2,3)18-13-14-19(21)17(16-18)12-11-15-26(10,22-24(4,5)6)23-25(7,8)9/h13-14,16,21H,11-12,15H2,1-10H3. The van der Waals surface area contributed by atoms with Gasteiger partial charge < -0.3 is 13.3 Å². The smallest absolute Gasteiger partial charge is 0.314 e. The zero-order valence-corrected chi connectivity index (χ0v) is 21.6. The van der Waals surface area contributed by atoms with Crippen LogP contribution in [0.3, 0.4) is 0 Å². The Hall–Kier alpha value is -0.409. The molecule has 0 aliphatic carbocycles. The average molecular weight is 413 g/mol. The highest BCUT2D eigenvalue weighted by Gasteiger charge is 2.39. The first-order chi connectivity index (χ1) is 11.5. The molecule has 0 radical (unpaired) electrons. The molecule has 0 heterocycles. The summed E-state index contributed by atoms with van der Waals surface area (Å²) in [5.74, 6) is 0.401. The summed E-state index contributed by atoms with van der Waals surface area (Å²) in [5.41, 5.74) is 2.39. The number of rotatable bonds is 8. The van der Waals surface area contributed by atoms with Crippen LogP contribution in [0.4, 0.5) is 0 Å². The summed E-state index contributed by atoms with van der Waals surface area (Å²) in [7, 11) is -5.51. The Kier molecular flexibility index (Phi) is 7.55. The molecule has 3 nitrogen and oxygen atoms in total. The normalized spacial score (nSPS) is 13.9. The van der Waals surface area contributed by atoms with Crippen LogP contribution < -0.4 is 0 Å². The van der Waals surface area contributed by atoms with Gasteiger partial charge in [-0.1, -0.05) is 32.9 Å². The summed E-state index contributed by atoms with van der Waals surface area (Å²) >= 11 is 0. The number of hydrogen-bond acceptors (Lipinski definition) is 3. The second-order valence-corrected chi connectivity index (χ2v) is 23.4. The maximum absolute atomic E-state index is 10.3. The Morgan fingerprint density at radius 1 is 0.885 bits per heavy atom. The highest BCUT2D eigenvalue weighted by atomic mass is 28.5. The van der Waals surface area contributed by atoms with E-state index >= 15 is 0 Å². The van der Waals surface area contributed by atoms with Gasteiger partial charge in [0.15, 0.2) is 16.6 Å². The number of hydrogen-bond donors (Lipinski definition) is 1. The lowest BCUT2D eigenvalue weighted by molar-refractivity contribution is 0.381. The minimum Gasteiger partial charge on any atom is -0.508 e. The SMILES string of the molecule is CC(C)(C)c1ccc(O)c(CCC[Si](C)(O[Si](C)(C)C)O[Si](C)(C)C)c1. The minimum absolute atomic E-state index is 0.0909. The Morgan fingerprint density at radius 3 is 1.81 bits per heavy atom. The van der Waals surface area contributed by atoms with Gasteiger partial charge in [-0.25, -0.2) is 0 Å². The zero-order chi connectivity index (χ0) is 20.4. The second-order valence-electron chi connectivity index (χ2n) is 10.5. The third kappa shape index (κ3) is 8.52. The van der Waals surface area contributed by atoms with Crippen molar-refractivity contribution in [1.82, 2.24) is 0 Å². The van der Waals surface area contributed by atoms with Crippen LogP contribution in [0.1, 0.15) is 38.3 Å². The molecule has 0 fully saturated rings. The quantitative estimate of drug-likeness (QED) is 0.502. The van der Waals surface area contributed by atoms with Gasteiger partial charge in [-0.3, -0.25) is 0 Å². The van der Waals surface area contributed by atoms with E-state index in [-0.39, 0.29) is 5.41 Å². The van der Waals surface area contributed by atoms with Crippen LogP contribution >= 0.6 is 0 Å². The third-order valence-corrected chi connectivity index (χ3v) is 13.7. The lowest BCUT2D eigenvalue weighted by Crippen LogP contribution is -2.52. The van der Waals surface area contributed by atoms with Crippen molar-refractivity contribution in [3.8, 4) is 5.75 Å². The van der Waals surface area contributed by atoms with Crippen molar-refractivity contribution in [3.05, 3.63) is 29.3 Å². The van der Waals surface area contributed by atoms with Gasteiger partial charge in [0.05, 0.1) is 0 Å². The summed E-state index contributed by atoms with van der Waals surface area (Å²) < 4.78 is 13.2. The van der Waals surface area contributed by atoms with Gasteiger partial charge in [-0.2, -0.15) is 0 Å². The first kappa shape index (κ1) is 23.6. The van der Waals surface area contributed by atoms with Crippen LogP contribution in [0.5, 0.6) is 5.75 Å². The number of phenols is 1. The van der Waals surface area contributed by atoms with Gasteiger partial charge in [0.25, 0.3) is 0 Å². The van der Waals surface area contributed by atoms with E-state index in [0.717, 1.165) is 24.4 Å². The van der Waals surface area contributed by atoms with E-state index in [1.54, 1.807) is 0 Å². The van der Waals surface area contributed by atoms with Gasteiger partial charge in [-0.15, -0.1) is 0 Å². The van der Waals surface area contributed by atoms with E-state index in [9.17, 15) is 5.11 Å². The molecular weight excluding hydrogens is 372 g/mol. The van der Waals surface area contributed by atoms with E-state index in [4.69, 9.17) is 8.23 Å². The first-order valence-electron chi connectivity index (χ1n) is 9.74. The Bertz CT molecular complexity index is 580. The van der Waals surface area contributed by atoms with Gasteiger partial charge >= 0.3 is 8.56 Å². The highest BCUT2D eigenvalue weighted by Crippen LogP contribution is 2.30. The molecular formula is C20H40O3Si3. The predicted octanol–water partition coefficient (Wildman–Crippen LogP) is 6.40. The van der Waals surface area contributed by atoms with Crippen LogP contribution in [0.25, 0.3) is 0 Å². The summed E-state index contributed by atoms with van der Waals surface area (Å²) in [5, 5.41) is 10.3. The Balaban J connectivity index is 2.87. The second kappa shape index (κ2) is 8.31. The maximum atomic E-state index is 10.3. The van der Waals surface area contributed by atoms with Gasteiger partial charge in [0, 0.05) is 0 Å². The van der Waals surface area contributed by atoms with Gasteiger partial charge in [0.2, 0.25) is 0 Å². The molecule has 0 unspecified atom stereocenters. The van der Waals surface area contributed by atoms with Crippen molar-refractivity contribution in [2.75, 3.05) is 0 Å². The number of phenolic OH excluding ortho intramolecular Hbond substituents is 1. The molecule has 0 aliphatic heterocycles. The first-order valence-corrected chi connectivity index (χ1v) is 19.1. The van der Waals surface area contributed by atoms with Crippen LogP contribution in [0.2, 0.25) is 51.9 Å². The van der Waals surface area contributed by atoms with Crippen LogP contribution in [0.15, 0.2) is 18.2 Å². The van der Waals surface area contributed by atoms with Crippen LogP contribution in [-0.4, -0.2) is 30.3 Å². The lowest BCUT2D eigenvalue weighted by atomic mass is 9.85. The fourth-order valence-corrected chi connectivity index (χ4v) is 15.8. The molecule has 0 bridgehead atoms. The van der Waals surface area contributed by atoms with E-state index in [2.05, 4.69) is 72.7 Å². The lowest BCUT2D eigenvalue weighted by Gasteiger charge is -2.38. The molecule has 0 saturated heterocycles. The maximum Gasteiger partial charge on any atom is 0.314 e. The summed E-state index contributed by atoms with van der Waals surface area (Å²) in [6.07, 6.45) is 1.85. The average Bonchev–Trinajstić information content (AvgIpc) is 2.34. The molecule has 0 spiro atoms. The topological polar surface area (TPSA) is 38.7 Å². The van der Waals surface area contributed by atoms with Crippen molar-refractivity contribution < 1.29 is 13.3 Å². The van der Waals surface area contributed by atoms with Gasteiger partial charge in [0.1, 0.15) is 5.75 Å². The number of aryl methyl sites for hydroxylation is 1. The molecule has 1 aromatic carbocycles. The fourth-order valence-electron chi connectivity index (χ4n) is 3.27. The zero-order valence-electron chi connectivity index (χ0n) is 18.6. The van der Waals surface area contributed by atoms with Crippen molar-refractivity contribution in [2.45, 2.75) is 90.9 Å². The molecule has 1 aromatic rings. The van der Waals surface area contributed by atoms with E-state index in [1.165, 1.54) is 5.56 Å². The molecule has 1 rings (SSSR count). The Labute approximate surface area is 164 Å². The summed E-state index contributed by atoms with van der Waals surface area (Å²) in [6, 6.07) is 7.00. The van der Waals surface area contributed by atoms with Crippen molar-refractivity contribution in [3.63, 3.8) is 0 Å². The number of benzene rings is 1. The fraction of sp³-hybridized carbons (Fsp3) is 0.700. The molecule has 0 saturated carbocycles. The van der Waals surface area contributed by atoms with Crippen molar-refractivity contribution in [1.29, 1.82) is 0 Å². The molecule has 150 valence electrons. The van der Waals surface area contributed by atoms with Crippen LogP contribution in [-0.2, 0) is 20.1 Å². The molecule has 0 aromatic heterocycles. The largest absolute Gasteiger partial charge is 0.508 e. The molecule has 0 atom stereocenters. The molecule has 1 N–H and O–H groups in total. The number of aromatic hydroxyl groups is 1. The summed E-state index contributed by atoms with van der Waals surface area (Å²) in [6.45, 7) is 22.3. The molecule has 0 amide bonds. The Morgan fingerprint density at radius 2 is 1.38 bits per heavy atom. The van der Waals surface area contributed by atoms with Crippen molar-refractivity contribution >= 4 is 25.2 Å². The van der Waals surface area contributed by atoms with Crippen molar-refractivity contribution in [2.24, 2.45) is 0 Å². The minimum atomic E-state index is -2.20. The molecule has 0 aliphatic rings. The molecule has 6 heteroatoms.